The number of carbonyl (C=O) groups is 1. The van der Waals surface area contributed by atoms with E-state index in [4.69, 9.17) is 0 Å². The van der Waals surface area contributed by atoms with Gasteiger partial charge >= 0.3 is 0 Å². The van der Waals surface area contributed by atoms with E-state index >= 15 is 0 Å². The molecular formula is C11H10O2S. The maximum atomic E-state index is 10.6. The van der Waals surface area contributed by atoms with Crippen molar-refractivity contribution in [3.05, 3.63) is 29.3 Å². The predicted molar refractivity (Wildman–Crippen MR) is 58.8 cm³/mol. The van der Waals surface area contributed by atoms with Crippen molar-refractivity contribution in [2.24, 2.45) is 0 Å². The molecule has 0 fully saturated rings. The second-order valence-corrected chi connectivity index (χ2v) is 3.08. The third kappa shape index (κ3) is 2.54. The number of benzene rings is 1. The second-order valence-electron chi connectivity index (χ2n) is 2.63. The van der Waals surface area contributed by atoms with Crippen LogP contribution in [0.4, 0.5) is 0 Å². The third-order valence-corrected chi connectivity index (χ3v) is 1.88. The fourth-order valence-corrected chi connectivity index (χ4v) is 1.11. The summed E-state index contributed by atoms with van der Waals surface area (Å²) in [7, 11) is 0. The molecule has 3 heteroatoms. The summed E-state index contributed by atoms with van der Waals surface area (Å²) in [6.07, 6.45) is 1.32. The summed E-state index contributed by atoms with van der Waals surface area (Å²) >= 11 is 4.01. The minimum absolute atomic E-state index is 0.0428. The summed E-state index contributed by atoms with van der Waals surface area (Å²) < 4.78 is 0. The summed E-state index contributed by atoms with van der Waals surface area (Å²) in [6, 6.07) is 4.75. The molecule has 0 aliphatic heterocycles. The van der Waals surface area contributed by atoms with Gasteiger partial charge in [0.2, 0.25) is 0 Å². The number of thiol groups is 1. The van der Waals surface area contributed by atoms with Gasteiger partial charge in [0, 0.05) is 17.7 Å². The Hall–Kier alpha value is -1.40. The highest BCUT2D eigenvalue weighted by Crippen LogP contribution is 2.18. The van der Waals surface area contributed by atoms with Crippen LogP contribution in [0.3, 0.4) is 0 Å². The highest BCUT2D eigenvalue weighted by molar-refractivity contribution is 7.80. The molecule has 1 rings (SSSR count). The summed E-state index contributed by atoms with van der Waals surface area (Å²) in [5, 5.41) is 9.44. The molecule has 1 aromatic carbocycles. The second kappa shape index (κ2) is 5.36. The van der Waals surface area contributed by atoms with Gasteiger partial charge in [-0.25, -0.2) is 0 Å². The minimum Gasteiger partial charge on any atom is -0.507 e. The molecule has 0 atom stereocenters. The molecule has 0 spiro atoms. The van der Waals surface area contributed by atoms with Crippen LogP contribution in [-0.2, 0) is 0 Å². The summed E-state index contributed by atoms with van der Waals surface area (Å²) in [5.41, 5.74) is 0.806. The molecule has 1 aromatic rings. The van der Waals surface area contributed by atoms with Crippen LogP contribution in [0.1, 0.15) is 22.3 Å². The number of hydrogen-bond acceptors (Lipinski definition) is 3. The average molecular weight is 206 g/mol. The molecule has 0 aliphatic rings. The Morgan fingerprint density at radius 1 is 1.50 bits per heavy atom. The van der Waals surface area contributed by atoms with E-state index in [2.05, 4.69) is 24.5 Å². The Balaban J connectivity index is 3.06. The summed E-state index contributed by atoms with van der Waals surface area (Å²) in [5.74, 6) is 6.28. The van der Waals surface area contributed by atoms with Crippen LogP contribution < -0.4 is 0 Å². The normalized spacial score (nSPS) is 8.93. The van der Waals surface area contributed by atoms with E-state index in [1.165, 1.54) is 6.07 Å². The highest BCUT2D eigenvalue weighted by Gasteiger charge is 2.02. The fourth-order valence-electron chi connectivity index (χ4n) is 0.999. The van der Waals surface area contributed by atoms with Crippen LogP contribution in [0, 0.1) is 11.8 Å². The molecule has 1 N–H and O–H groups in total. The van der Waals surface area contributed by atoms with E-state index in [0.29, 0.717) is 29.6 Å². The van der Waals surface area contributed by atoms with Crippen LogP contribution >= 0.6 is 12.6 Å². The topological polar surface area (TPSA) is 37.3 Å². The van der Waals surface area contributed by atoms with Crippen molar-refractivity contribution in [3.63, 3.8) is 0 Å². The van der Waals surface area contributed by atoms with Crippen molar-refractivity contribution < 1.29 is 9.90 Å². The quantitative estimate of drug-likeness (QED) is 0.440. The van der Waals surface area contributed by atoms with Crippen LogP contribution in [0.5, 0.6) is 5.75 Å². The lowest BCUT2D eigenvalue weighted by Gasteiger charge is -1.98. The molecule has 0 aromatic heterocycles. The Bertz CT molecular complexity index is 388. The van der Waals surface area contributed by atoms with Gasteiger partial charge in [-0.05, 0) is 6.07 Å². The van der Waals surface area contributed by atoms with Gasteiger partial charge in [0.25, 0.3) is 0 Å². The Labute approximate surface area is 88.4 Å². The molecule has 0 amide bonds. The van der Waals surface area contributed by atoms with Gasteiger partial charge in [0.1, 0.15) is 5.75 Å². The fraction of sp³-hybridized carbons (Fsp3) is 0.182. The zero-order valence-electron chi connectivity index (χ0n) is 7.53. The van der Waals surface area contributed by atoms with Gasteiger partial charge in [0.05, 0.1) is 5.56 Å². The largest absolute Gasteiger partial charge is 0.507 e. The molecule has 0 bridgehead atoms. The van der Waals surface area contributed by atoms with Crippen LogP contribution in [0.2, 0.25) is 0 Å². The summed E-state index contributed by atoms with van der Waals surface area (Å²) in [4.78, 5) is 10.6. The monoisotopic (exact) mass is 206 g/mol. The Morgan fingerprint density at radius 3 is 2.93 bits per heavy atom. The molecule has 72 valence electrons. The van der Waals surface area contributed by atoms with Crippen molar-refractivity contribution in [1.82, 2.24) is 0 Å². The van der Waals surface area contributed by atoms with E-state index in [0.717, 1.165) is 0 Å². The first-order valence-corrected chi connectivity index (χ1v) is 4.79. The zero-order valence-corrected chi connectivity index (χ0v) is 8.42. The van der Waals surface area contributed by atoms with Crippen molar-refractivity contribution in [1.29, 1.82) is 0 Å². The van der Waals surface area contributed by atoms with Crippen molar-refractivity contribution >= 4 is 18.9 Å². The van der Waals surface area contributed by atoms with Gasteiger partial charge in [0.15, 0.2) is 6.29 Å². The molecular weight excluding hydrogens is 196 g/mol. The van der Waals surface area contributed by atoms with Gasteiger partial charge in [-0.3, -0.25) is 4.79 Å². The number of carbonyl (C=O) groups excluding carboxylic acids is 1. The first kappa shape index (κ1) is 10.7. The molecule has 14 heavy (non-hydrogen) atoms. The van der Waals surface area contributed by atoms with Crippen LogP contribution in [0.25, 0.3) is 0 Å². The van der Waals surface area contributed by atoms with E-state index < -0.39 is 0 Å². The lowest BCUT2D eigenvalue weighted by molar-refractivity contribution is 0.112. The molecule has 0 unspecified atom stereocenters. The number of aldehydes is 1. The van der Waals surface area contributed by atoms with E-state index in [1.54, 1.807) is 12.1 Å². The lowest BCUT2D eigenvalue weighted by Crippen LogP contribution is -1.87. The van der Waals surface area contributed by atoms with Gasteiger partial charge in [-0.1, -0.05) is 24.0 Å². The molecule has 2 nitrogen and oxygen atoms in total. The van der Waals surface area contributed by atoms with E-state index in [9.17, 15) is 9.90 Å². The number of phenols is 1. The molecule has 0 saturated heterocycles. The highest BCUT2D eigenvalue weighted by atomic mass is 32.1. The maximum Gasteiger partial charge on any atom is 0.151 e. The van der Waals surface area contributed by atoms with Crippen molar-refractivity contribution in [3.8, 4) is 17.6 Å². The minimum atomic E-state index is 0.0428. The van der Waals surface area contributed by atoms with E-state index in [1.807, 2.05) is 0 Å². The van der Waals surface area contributed by atoms with Crippen molar-refractivity contribution in [2.45, 2.75) is 6.42 Å². The van der Waals surface area contributed by atoms with Gasteiger partial charge in [-0.15, -0.1) is 0 Å². The van der Waals surface area contributed by atoms with Gasteiger partial charge < -0.3 is 5.11 Å². The number of aromatic hydroxyl groups is 1. The number of hydrogen-bond donors (Lipinski definition) is 2. The van der Waals surface area contributed by atoms with E-state index in [-0.39, 0.29) is 5.75 Å². The Morgan fingerprint density at radius 2 is 2.29 bits per heavy atom. The third-order valence-electron chi connectivity index (χ3n) is 1.65. The molecule has 0 radical (unpaired) electrons. The van der Waals surface area contributed by atoms with Crippen LogP contribution in [-0.4, -0.2) is 17.1 Å². The maximum absolute atomic E-state index is 10.6. The predicted octanol–water partition coefficient (Wildman–Crippen LogP) is 1.88. The number of phenolic OH excluding ortho intramolecular Hbond substituents is 1. The van der Waals surface area contributed by atoms with Crippen LogP contribution in [0.15, 0.2) is 18.2 Å². The lowest BCUT2D eigenvalue weighted by atomic mass is 10.1. The summed E-state index contributed by atoms with van der Waals surface area (Å²) in [6.45, 7) is 0. The first-order valence-electron chi connectivity index (χ1n) is 4.16. The standard InChI is InChI=1S/C11H10O2S/c12-8-9-4-3-6-11(13)10(9)5-1-2-7-14/h3-4,6,8,13-14H,2,7H2. The molecule has 0 aliphatic carbocycles. The van der Waals surface area contributed by atoms with Gasteiger partial charge in [-0.2, -0.15) is 12.6 Å². The number of rotatable bonds is 2. The van der Waals surface area contributed by atoms with Crippen molar-refractivity contribution in [2.75, 3.05) is 5.75 Å². The molecule has 0 heterocycles. The Kier molecular flexibility index (Phi) is 4.09. The molecule has 0 saturated carbocycles. The first-order chi connectivity index (χ1) is 6.79. The average Bonchev–Trinajstić information content (AvgIpc) is 2.20. The smallest absolute Gasteiger partial charge is 0.151 e. The SMILES string of the molecule is O=Cc1cccc(O)c1C#CCCS. The zero-order chi connectivity index (χ0) is 10.4.